The fraction of sp³-hybridized carbons (Fsp3) is 0.909. The number of carbonyl (C=O) groups excluding carboxylic acids is 1. The van der Waals surface area contributed by atoms with Crippen LogP contribution in [-0.4, -0.2) is 37.2 Å². The Morgan fingerprint density at radius 1 is 1.44 bits per heavy atom. The summed E-state index contributed by atoms with van der Waals surface area (Å²) in [7, 11) is 0. The van der Waals surface area contributed by atoms with Gasteiger partial charge in [0.25, 0.3) is 0 Å². The average molecular weight is 251 g/mol. The first kappa shape index (κ1) is 15.7. The molecule has 4 nitrogen and oxygen atoms in total. The zero-order valence-corrected chi connectivity index (χ0v) is 11.2. The summed E-state index contributed by atoms with van der Waals surface area (Å²) in [5, 5.41) is 6.11. The van der Waals surface area contributed by atoms with E-state index in [9.17, 15) is 4.79 Å². The number of halogens is 1. The van der Waals surface area contributed by atoms with E-state index in [4.69, 9.17) is 4.74 Å². The van der Waals surface area contributed by atoms with Crippen molar-refractivity contribution in [3.63, 3.8) is 0 Å². The molecule has 0 bridgehead atoms. The number of ether oxygens (including phenoxy) is 1. The predicted octanol–water partition coefficient (Wildman–Crippen LogP) is 1.09. The molecule has 0 radical (unpaired) electrons. The summed E-state index contributed by atoms with van der Waals surface area (Å²) in [5.74, 6) is -0.00639. The molecule has 0 aromatic carbocycles. The Morgan fingerprint density at radius 3 is 2.38 bits per heavy atom. The van der Waals surface area contributed by atoms with E-state index in [-0.39, 0.29) is 36.6 Å². The maximum atomic E-state index is 11.6. The molecule has 1 aliphatic heterocycles. The zero-order chi connectivity index (χ0) is 11.3. The summed E-state index contributed by atoms with van der Waals surface area (Å²) in [4.78, 5) is 11.6. The molecule has 0 saturated carbocycles. The molecule has 16 heavy (non-hydrogen) atoms. The van der Waals surface area contributed by atoms with E-state index >= 15 is 0 Å². The quantitative estimate of drug-likeness (QED) is 0.742. The van der Waals surface area contributed by atoms with E-state index in [1.165, 1.54) is 0 Å². The number of nitrogens with one attached hydrogen (secondary N) is 2. The summed E-state index contributed by atoms with van der Waals surface area (Å²) in [5.41, 5.74) is -0.0850. The van der Waals surface area contributed by atoms with Crippen molar-refractivity contribution < 1.29 is 9.53 Å². The molecule has 0 unspecified atom stereocenters. The van der Waals surface area contributed by atoms with E-state index in [0.717, 1.165) is 25.9 Å². The van der Waals surface area contributed by atoms with Crippen LogP contribution in [0.25, 0.3) is 0 Å². The highest BCUT2D eigenvalue weighted by atomic mass is 35.5. The summed E-state index contributed by atoms with van der Waals surface area (Å²) in [6.07, 6.45) is 2.12. The Hall–Kier alpha value is -0.320. The topological polar surface area (TPSA) is 50.4 Å². The fourth-order valence-electron chi connectivity index (χ4n) is 1.37. The van der Waals surface area contributed by atoms with E-state index in [1.807, 2.05) is 0 Å². The molecular formula is C11H23ClN2O2. The van der Waals surface area contributed by atoms with Crippen molar-refractivity contribution in [3.8, 4) is 0 Å². The summed E-state index contributed by atoms with van der Waals surface area (Å²) < 4.78 is 5.40. The maximum absolute atomic E-state index is 11.6. The van der Waals surface area contributed by atoms with Crippen LogP contribution in [0.2, 0.25) is 0 Å². The first-order valence-corrected chi connectivity index (χ1v) is 5.73. The van der Waals surface area contributed by atoms with E-state index in [0.29, 0.717) is 0 Å². The van der Waals surface area contributed by atoms with Gasteiger partial charge < -0.3 is 15.4 Å². The Kier molecular flexibility index (Phi) is 6.95. The second kappa shape index (κ2) is 7.09. The summed E-state index contributed by atoms with van der Waals surface area (Å²) in [6, 6.07) is 0. The van der Waals surface area contributed by atoms with Crippen LogP contribution in [0.5, 0.6) is 0 Å². The molecule has 1 saturated heterocycles. The smallest absolute Gasteiger partial charge is 0.246 e. The molecule has 0 atom stereocenters. The van der Waals surface area contributed by atoms with Crippen LogP contribution in [0.3, 0.4) is 0 Å². The molecule has 1 heterocycles. The molecule has 0 aromatic heterocycles. The van der Waals surface area contributed by atoms with E-state index in [2.05, 4.69) is 31.4 Å². The van der Waals surface area contributed by atoms with Crippen molar-refractivity contribution in [2.75, 3.05) is 19.7 Å². The van der Waals surface area contributed by atoms with Gasteiger partial charge in [-0.1, -0.05) is 13.8 Å². The lowest BCUT2D eigenvalue weighted by atomic mass is 9.96. The Morgan fingerprint density at radius 2 is 2.00 bits per heavy atom. The first-order chi connectivity index (χ1) is 7.09. The molecule has 2 N–H and O–H groups in total. The lowest BCUT2D eigenvalue weighted by Crippen LogP contribution is -2.51. The highest BCUT2D eigenvalue weighted by Crippen LogP contribution is 2.13. The third-order valence-corrected chi connectivity index (χ3v) is 3.20. The van der Waals surface area contributed by atoms with Gasteiger partial charge >= 0.3 is 0 Å². The lowest BCUT2D eigenvalue weighted by Gasteiger charge is -2.30. The van der Waals surface area contributed by atoms with Gasteiger partial charge in [-0.25, -0.2) is 0 Å². The molecule has 0 spiro atoms. The number of hydrogen-bond donors (Lipinski definition) is 2. The third-order valence-electron chi connectivity index (χ3n) is 3.20. The molecule has 0 aliphatic carbocycles. The standard InChI is InChI=1S/C11H22N2O2.ClH/c1-4-11(3,5-2)13-10(14)8-15-9-6-12-7-9;/h9,12H,4-8H2,1-3H3,(H,13,14);1H. The van der Waals surface area contributed by atoms with Gasteiger partial charge in [0.15, 0.2) is 0 Å². The molecule has 1 amide bonds. The molecule has 0 aromatic rings. The van der Waals surface area contributed by atoms with Crippen LogP contribution >= 0.6 is 12.4 Å². The van der Waals surface area contributed by atoms with Crippen LogP contribution in [0.1, 0.15) is 33.6 Å². The highest BCUT2D eigenvalue weighted by Gasteiger charge is 2.23. The SMILES string of the molecule is CCC(C)(CC)NC(=O)COC1CNC1.Cl. The maximum Gasteiger partial charge on any atom is 0.246 e. The summed E-state index contributed by atoms with van der Waals surface area (Å²) >= 11 is 0. The van der Waals surface area contributed by atoms with E-state index in [1.54, 1.807) is 0 Å². The van der Waals surface area contributed by atoms with Gasteiger partial charge in [-0.2, -0.15) is 0 Å². The van der Waals surface area contributed by atoms with Gasteiger partial charge in [-0.15, -0.1) is 12.4 Å². The molecule has 1 rings (SSSR count). The number of amides is 1. The summed E-state index contributed by atoms with van der Waals surface area (Å²) in [6.45, 7) is 8.15. The Bertz CT molecular complexity index is 216. The van der Waals surface area contributed by atoms with Crippen molar-refractivity contribution in [2.24, 2.45) is 0 Å². The highest BCUT2D eigenvalue weighted by molar-refractivity contribution is 5.85. The van der Waals surface area contributed by atoms with E-state index < -0.39 is 0 Å². The molecular weight excluding hydrogens is 228 g/mol. The second-order valence-corrected chi connectivity index (χ2v) is 4.41. The molecule has 1 aliphatic rings. The lowest BCUT2D eigenvalue weighted by molar-refractivity contribution is -0.130. The fourth-order valence-corrected chi connectivity index (χ4v) is 1.37. The van der Waals surface area contributed by atoms with Crippen molar-refractivity contribution in [1.82, 2.24) is 10.6 Å². The van der Waals surface area contributed by atoms with Crippen molar-refractivity contribution in [3.05, 3.63) is 0 Å². The second-order valence-electron chi connectivity index (χ2n) is 4.41. The Labute approximate surface area is 104 Å². The minimum absolute atomic E-state index is 0. The van der Waals surface area contributed by atoms with Gasteiger partial charge in [0, 0.05) is 18.6 Å². The predicted molar refractivity (Wildman–Crippen MR) is 67.0 cm³/mol. The van der Waals surface area contributed by atoms with Gasteiger partial charge in [-0.3, -0.25) is 4.79 Å². The normalized spacial score (nSPS) is 16.2. The average Bonchev–Trinajstić information content (AvgIpc) is 2.15. The van der Waals surface area contributed by atoms with Crippen molar-refractivity contribution in [1.29, 1.82) is 0 Å². The van der Waals surface area contributed by atoms with Crippen molar-refractivity contribution in [2.45, 2.75) is 45.3 Å². The number of carbonyl (C=O) groups is 1. The van der Waals surface area contributed by atoms with Crippen LogP contribution in [0.15, 0.2) is 0 Å². The van der Waals surface area contributed by atoms with Crippen molar-refractivity contribution >= 4 is 18.3 Å². The van der Waals surface area contributed by atoms with Crippen LogP contribution in [0, 0.1) is 0 Å². The van der Waals surface area contributed by atoms with Gasteiger partial charge in [0.2, 0.25) is 5.91 Å². The minimum Gasteiger partial charge on any atom is -0.366 e. The first-order valence-electron chi connectivity index (χ1n) is 5.73. The van der Waals surface area contributed by atoms with Gasteiger partial charge in [-0.05, 0) is 19.8 Å². The van der Waals surface area contributed by atoms with Gasteiger partial charge in [0.1, 0.15) is 6.61 Å². The minimum atomic E-state index is -0.0850. The molecule has 1 fully saturated rings. The number of hydrogen-bond acceptors (Lipinski definition) is 3. The molecule has 96 valence electrons. The molecule has 5 heteroatoms. The van der Waals surface area contributed by atoms with Crippen LogP contribution in [0.4, 0.5) is 0 Å². The zero-order valence-electron chi connectivity index (χ0n) is 10.3. The Balaban J connectivity index is 0.00000225. The third kappa shape index (κ3) is 4.68. The van der Waals surface area contributed by atoms with Gasteiger partial charge in [0.05, 0.1) is 6.10 Å². The van der Waals surface area contributed by atoms with Crippen LogP contribution < -0.4 is 10.6 Å². The number of rotatable bonds is 6. The van der Waals surface area contributed by atoms with Crippen LogP contribution in [-0.2, 0) is 9.53 Å². The monoisotopic (exact) mass is 250 g/mol. The largest absolute Gasteiger partial charge is 0.366 e.